The standard InChI is InChI=1S/C9H10Cl3N3/c1-14-9(13)15(2)5-3-6(10)8(12)7(11)4-5/h3-4H,1-2H3,(H2,13,14). The Bertz CT molecular complexity index is 381. The van der Waals surface area contributed by atoms with Gasteiger partial charge in [-0.05, 0) is 12.1 Å². The molecule has 0 aromatic heterocycles. The fourth-order valence-corrected chi connectivity index (χ4v) is 1.60. The summed E-state index contributed by atoms with van der Waals surface area (Å²) in [6, 6.07) is 3.35. The summed E-state index contributed by atoms with van der Waals surface area (Å²) < 4.78 is 0. The molecule has 0 heterocycles. The van der Waals surface area contributed by atoms with Crippen molar-refractivity contribution in [2.24, 2.45) is 10.7 Å². The van der Waals surface area contributed by atoms with Gasteiger partial charge in [-0.25, -0.2) is 0 Å². The minimum atomic E-state index is 0.336. The van der Waals surface area contributed by atoms with E-state index in [-0.39, 0.29) is 0 Å². The van der Waals surface area contributed by atoms with Crippen LogP contribution in [-0.2, 0) is 0 Å². The van der Waals surface area contributed by atoms with Crippen LogP contribution in [0, 0.1) is 0 Å². The highest BCUT2D eigenvalue weighted by Gasteiger charge is 2.10. The monoisotopic (exact) mass is 265 g/mol. The zero-order chi connectivity index (χ0) is 11.6. The molecule has 2 N–H and O–H groups in total. The Hall–Kier alpha value is -0.640. The molecule has 0 spiro atoms. The van der Waals surface area contributed by atoms with Crippen molar-refractivity contribution in [3.8, 4) is 0 Å². The lowest BCUT2D eigenvalue weighted by Gasteiger charge is -2.18. The van der Waals surface area contributed by atoms with Gasteiger partial charge in [0.25, 0.3) is 0 Å². The van der Waals surface area contributed by atoms with Gasteiger partial charge in [0.05, 0.1) is 15.1 Å². The van der Waals surface area contributed by atoms with Gasteiger partial charge in [-0.2, -0.15) is 0 Å². The van der Waals surface area contributed by atoms with Gasteiger partial charge in [0.15, 0.2) is 5.96 Å². The third kappa shape index (κ3) is 2.68. The van der Waals surface area contributed by atoms with E-state index in [4.69, 9.17) is 40.5 Å². The molecule has 0 saturated heterocycles. The van der Waals surface area contributed by atoms with Gasteiger partial charge in [0.2, 0.25) is 0 Å². The first-order chi connectivity index (χ1) is 6.97. The summed E-state index contributed by atoms with van der Waals surface area (Å²) in [5.74, 6) is 0.365. The predicted molar refractivity (Wildman–Crippen MR) is 67.4 cm³/mol. The molecule has 0 atom stereocenters. The highest BCUT2D eigenvalue weighted by molar-refractivity contribution is 6.48. The molecular formula is C9H10Cl3N3. The molecule has 0 bridgehead atoms. The van der Waals surface area contributed by atoms with Gasteiger partial charge >= 0.3 is 0 Å². The largest absolute Gasteiger partial charge is 0.370 e. The van der Waals surface area contributed by atoms with Gasteiger partial charge in [-0.15, -0.1) is 0 Å². The van der Waals surface area contributed by atoms with Gasteiger partial charge < -0.3 is 10.6 Å². The van der Waals surface area contributed by atoms with E-state index in [0.29, 0.717) is 21.0 Å². The maximum atomic E-state index is 5.89. The second kappa shape index (κ2) is 4.92. The maximum Gasteiger partial charge on any atom is 0.195 e. The van der Waals surface area contributed by atoms with Gasteiger partial charge in [-0.1, -0.05) is 34.8 Å². The number of nitrogens with two attached hydrogens (primary N) is 1. The van der Waals surface area contributed by atoms with E-state index < -0.39 is 0 Å². The first-order valence-corrected chi connectivity index (χ1v) is 5.21. The summed E-state index contributed by atoms with van der Waals surface area (Å²) in [7, 11) is 3.36. The first kappa shape index (κ1) is 12.4. The van der Waals surface area contributed by atoms with Crippen LogP contribution < -0.4 is 10.6 Å². The van der Waals surface area contributed by atoms with Crippen molar-refractivity contribution in [2.75, 3.05) is 19.0 Å². The molecule has 0 amide bonds. The predicted octanol–water partition coefficient (Wildman–Crippen LogP) is 3.03. The van der Waals surface area contributed by atoms with Crippen LogP contribution in [0.25, 0.3) is 0 Å². The van der Waals surface area contributed by atoms with Gasteiger partial charge in [0.1, 0.15) is 0 Å². The summed E-state index contributed by atoms with van der Waals surface area (Å²) in [6.07, 6.45) is 0. The van der Waals surface area contributed by atoms with Crippen molar-refractivity contribution in [3.05, 3.63) is 27.2 Å². The molecule has 1 aromatic rings. The summed E-state index contributed by atoms with van der Waals surface area (Å²) >= 11 is 17.6. The molecule has 0 radical (unpaired) electrons. The molecular weight excluding hydrogens is 256 g/mol. The smallest absolute Gasteiger partial charge is 0.195 e. The molecule has 1 rings (SSSR count). The lowest BCUT2D eigenvalue weighted by atomic mass is 10.3. The lowest BCUT2D eigenvalue weighted by Crippen LogP contribution is -2.33. The maximum absolute atomic E-state index is 5.89. The van der Waals surface area contributed by atoms with Crippen LogP contribution in [0.15, 0.2) is 17.1 Å². The number of aliphatic imine (C=N–C) groups is 1. The second-order valence-corrected chi connectivity index (χ2v) is 4.06. The highest BCUT2D eigenvalue weighted by Crippen LogP contribution is 2.34. The Kier molecular flexibility index (Phi) is 4.08. The number of hydrogen-bond acceptors (Lipinski definition) is 1. The number of rotatable bonds is 1. The third-order valence-corrected chi connectivity index (χ3v) is 3.13. The van der Waals surface area contributed by atoms with Crippen LogP contribution in [-0.4, -0.2) is 20.1 Å². The lowest BCUT2D eigenvalue weighted by molar-refractivity contribution is 1.20. The molecule has 0 unspecified atom stereocenters. The normalized spacial score (nSPS) is 11.7. The minimum Gasteiger partial charge on any atom is -0.370 e. The topological polar surface area (TPSA) is 41.6 Å². The number of hydrogen-bond donors (Lipinski definition) is 1. The van der Waals surface area contributed by atoms with Crippen molar-refractivity contribution in [3.63, 3.8) is 0 Å². The van der Waals surface area contributed by atoms with Gasteiger partial charge in [0, 0.05) is 19.8 Å². The van der Waals surface area contributed by atoms with E-state index in [9.17, 15) is 0 Å². The number of anilines is 1. The van der Waals surface area contributed by atoms with E-state index in [0.717, 1.165) is 5.69 Å². The van der Waals surface area contributed by atoms with Crippen LogP contribution in [0.3, 0.4) is 0 Å². The van der Waals surface area contributed by atoms with Crippen LogP contribution in [0.4, 0.5) is 5.69 Å². The summed E-state index contributed by atoms with van der Waals surface area (Å²) in [5.41, 5.74) is 6.38. The molecule has 0 fully saturated rings. The molecule has 15 heavy (non-hydrogen) atoms. The number of benzene rings is 1. The summed E-state index contributed by atoms with van der Waals surface area (Å²) in [6.45, 7) is 0. The van der Waals surface area contributed by atoms with Crippen molar-refractivity contribution in [1.82, 2.24) is 0 Å². The second-order valence-electron chi connectivity index (χ2n) is 2.86. The van der Waals surface area contributed by atoms with E-state index in [1.807, 2.05) is 0 Å². The minimum absolute atomic E-state index is 0.336. The Morgan fingerprint density at radius 2 is 1.73 bits per heavy atom. The Labute approximate surface area is 103 Å². The molecule has 0 aliphatic carbocycles. The van der Waals surface area contributed by atoms with Crippen LogP contribution in [0.1, 0.15) is 0 Å². The van der Waals surface area contributed by atoms with E-state index >= 15 is 0 Å². The van der Waals surface area contributed by atoms with E-state index in [1.54, 1.807) is 31.1 Å². The number of halogens is 3. The van der Waals surface area contributed by atoms with Crippen LogP contribution in [0.5, 0.6) is 0 Å². The summed E-state index contributed by atoms with van der Waals surface area (Å²) in [5, 5.41) is 1.10. The Morgan fingerprint density at radius 3 is 2.13 bits per heavy atom. The third-order valence-electron chi connectivity index (χ3n) is 1.93. The molecule has 0 aliphatic heterocycles. The van der Waals surface area contributed by atoms with Crippen molar-refractivity contribution in [2.45, 2.75) is 0 Å². The van der Waals surface area contributed by atoms with Crippen LogP contribution in [0.2, 0.25) is 15.1 Å². The van der Waals surface area contributed by atoms with Crippen LogP contribution >= 0.6 is 34.8 Å². The summed E-state index contributed by atoms with van der Waals surface area (Å²) in [4.78, 5) is 5.51. The Balaban J connectivity index is 3.17. The molecule has 0 aliphatic rings. The fraction of sp³-hybridized carbons (Fsp3) is 0.222. The average molecular weight is 267 g/mol. The van der Waals surface area contributed by atoms with E-state index in [2.05, 4.69) is 4.99 Å². The SMILES string of the molecule is CN=C(N)N(C)c1cc(Cl)c(Cl)c(Cl)c1. The van der Waals surface area contributed by atoms with Gasteiger partial charge in [-0.3, -0.25) is 4.99 Å². The molecule has 1 aromatic carbocycles. The zero-order valence-electron chi connectivity index (χ0n) is 8.26. The number of guanidine groups is 1. The average Bonchev–Trinajstić information content (AvgIpc) is 2.23. The van der Waals surface area contributed by atoms with Crippen molar-refractivity contribution < 1.29 is 0 Å². The number of nitrogens with zero attached hydrogens (tertiary/aromatic N) is 2. The molecule has 3 nitrogen and oxygen atoms in total. The Morgan fingerprint density at radius 1 is 1.27 bits per heavy atom. The first-order valence-electron chi connectivity index (χ1n) is 4.08. The van der Waals surface area contributed by atoms with E-state index in [1.165, 1.54) is 0 Å². The van der Waals surface area contributed by atoms with Crippen molar-refractivity contribution >= 4 is 46.4 Å². The highest BCUT2D eigenvalue weighted by atomic mass is 35.5. The quantitative estimate of drug-likeness (QED) is 0.482. The zero-order valence-corrected chi connectivity index (χ0v) is 10.5. The molecule has 6 heteroatoms. The fourth-order valence-electron chi connectivity index (χ4n) is 1.02. The molecule has 0 saturated carbocycles. The van der Waals surface area contributed by atoms with Crippen molar-refractivity contribution in [1.29, 1.82) is 0 Å². The molecule has 82 valence electrons.